The number of aromatic nitrogens is 1. The monoisotopic (exact) mass is 330 g/mol. The van der Waals surface area contributed by atoms with Crippen LogP contribution in [0.2, 0.25) is 0 Å². The van der Waals surface area contributed by atoms with Crippen LogP contribution in [0.5, 0.6) is 0 Å². The topological polar surface area (TPSA) is 59.5 Å². The first-order valence-electron chi connectivity index (χ1n) is 7.55. The Morgan fingerprint density at radius 1 is 1.48 bits per heavy atom. The summed E-state index contributed by atoms with van der Waals surface area (Å²) >= 11 is 1.52. The van der Waals surface area contributed by atoms with Crippen molar-refractivity contribution in [3.05, 3.63) is 16.1 Å². The molecule has 3 rings (SSSR count). The molecule has 1 aliphatic heterocycles. The molecule has 1 aromatic rings. The molecule has 0 radical (unpaired) electrons. The molecule has 118 valence electrons. The van der Waals surface area contributed by atoms with Crippen molar-refractivity contribution in [3.8, 4) is 0 Å². The van der Waals surface area contributed by atoms with Gasteiger partial charge < -0.3 is 4.74 Å². The number of thiazole rings is 1. The minimum atomic E-state index is -3.22. The molecule has 5 nitrogen and oxygen atoms in total. The molecule has 21 heavy (non-hydrogen) atoms. The Morgan fingerprint density at radius 2 is 2.29 bits per heavy atom. The van der Waals surface area contributed by atoms with E-state index in [-0.39, 0.29) is 11.8 Å². The Labute approximate surface area is 130 Å². The maximum absolute atomic E-state index is 12.7. The number of hydrogen-bond donors (Lipinski definition) is 0. The highest BCUT2D eigenvalue weighted by atomic mass is 32.2. The van der Waals surface area contributed by atoms with Gasteiger partial charge in [0.1, 0.15) is 5.01 Å². The van der Waals surface area contributed by atoms with Gasteiger partial charge in [-0.15, -0.1) is 11.3 Å². The Morgan fingerprint density at radius 3 is 2.90 bits per heavy atom. The van der Waals surface area contributed by atoms with Crippen LogP contribution in [0.4, 0.5) is 0 Å². The fourth-order valence-electron chi connectivity index (χ4n) is 2.86. The summed E-state index contributed by atoms with van der Waals surface area (Å²) in [6.45, 7) is 3.26. The average Bonchev–Trinajstić information content (AvgIpc) is 2.83. The van der Waals surface area contributed by atoms with E-state index in [9.17, 15) is 8.42 Å². The molecule has 1 unspecified atom stereocenters. The molecule has 0 N–H and O–H groups in total. The number of sulfonamides is 1. The van der Waals surface area contributed by atoms with Crippen LogP contribution in [0.25, 0.3) is 0 Å². The third kappa shape index (κ3) is 3.47. The van der Waals surface area contributed by atoms with E-state index in [1.807, 2.05) is 12.3 Å². The van der Waals surface area contributed by atoms with Gasteiger partial charge >= 0.3 is 0 Å². The largest absolute Gasteiger partial charge is 0.378 e. The number of rotatable bonds is 5. The van der Waals surface area contributed by atoms with Crippen LogP contribution in [-0.2, 0) is 14.8 Å². The van der Waals surface area contributed by atoms with Gasteiger partial charge in [0.05, 0.1) is 25.0 Å². The lowest BCUT2D eigenvalue weighted by Crippen LogP contribution is -2.44. The first-order chi connectivity index (χ1) is 10.1. The smallest absolute Gasteiger partial charge is 0.214 e. The Hall–Kier alpha value is -0.500. The van der Waals surface area contributed by atoms with Crippen LogP contribution < -0.4 is 0 Å². The Balaban J connectivity index is 1.73. The minimum absolute atomic E-state index is 0.246. The zero-order chi connectivity index (χ0) is 14.9. The van der Waals surface area contributed by atoms with Gasteiger partial charge in [0.25, 0.3) is 0 Å². The SMILES string of the molecule is Cc1csc(C2COCCN2S(=O)(=O)CCC2CCC2)n1. The molecule has 0 spiro atoms. The predicted molar refractivity (Wildman–Crippen MR) is 82.9 cm³/mol. The molecule has 1 aromatic heterocycles. The number of aryl methyl sites for hydroxylation is 1. The third-order valence-corrected chi connectivity index (χ3v) is 7.33. The van der Waals surface area contributed by atoms with E-state index in [1.54, 1.807) is 4.31 Å². The van der Waals surface area contributed by atoms with Crippen LogP contribution in [0.15, 0.2) is 5.38 Å². The maximum Gasteiger partial charge on any atom is 0.214 e. The van der Waals surface area contributed by atoms with Gasteiger partial charge in [-0.1, -0.05) is 19.3 Å². The second-order valence-corrected chi connectivity index (χ2v) is 8.86. The summed E-state index contributed by atoms with van der Waals surface area (Å²) < 4.78 is 32.4. The van der Waals surface area contributed by atoms with E-state index in [0.29, 0.717) is 25.7 Å². The highest BCUT2D eigenvalue weighted by molar-refractivity contribution is 7.89. The van der Waals surface area contributed by atoms with Crippen molar-refractivity contribution in [3.63, 3.8) is 0 Å². The first-order valence-corrected chi connectivity index (χ1v) is 10.0. The predicted octanol–water partition coefficient (Wildman–Crippen LogP) is 2.34. The van der Waals surface area contributed by atoms with Crippen LogP contribution in [0.3, 0.4) is 0 Å². The average molecular weight is 330 g/mol. The molecule has 0 bridgehead atoms. The highest BCUT2D eigenvalue weighted by Crippen LogP contribution is 2.33. The highest BCUT2D eigenvalue weighted by Gasteiger charge is 2.36. The molecule has 2 heterocycles. The number of nitrogens with zero attached hydrogens (tertiary/aromatic N) is 2. The van der Waals surface area contributed by atoms with Gasteiger partial charge in [0.2, 0.25) is 10.0 Å². The summed E-state index contributed by atoms with van der Waals surface area (Å²) in [7, 11) is -3.22. The van der Waals surface area contributed by atoms with Crippen molar-refractivity contribution in [2.24, 2.45) is 5.92 Å². The number of ether oxygens (including phenoxy) is 1. The number of morpholine rings is 1. The van der Waals surface area contributed by atoms with Crippen LogP contribution >= 0.6 is 11.3 Å². The van der Waals surface area contributed by atoms with Gasteiger partial charge in [0.15, 0.2) is 0 Å². The van der Waals surface area contributed by atoms with E-state index in [0.717, 1.165) is 17.1 Å². The molecule has 1 saturated heterocycles. The molecular weight excluding hydrogens is 308 g/mol. The van der Waals surface area contributed by atoms with Gasteiger partial charge in [0, 0.05) is 17.6 Å². The molecular formula is C14H22N2O3S2. The molecule has 2 aliphatic rings. The second kappa shape index (κ2) is 6.32. The van der Waals surface area contributed by atoms with Crippen molar-refractivity contribution < 1.29 is 13.2 Å². The van der Waals surface area contributed by atoms with E-state index in [1.165, 1.54) is 30.6 Å². The second-order valence-electron chi connectivity index (χ2n) is 5.93. The summed E-state index contributed by atoms with van der Waals surface area (Å²) in [5.41, 5.74) is 0.937. The summed E-state index contributed by atoms with van der Waals surface area (Å²) in [5.74, 6) is 0.875. The third-order valence-electron chi connectivity index (χ3n) is 4.37. The maximum atomic E-state index is 12.7. The fraction of sp³-hybridized carbons (Fsp3) is 0.786. The van der Waals surface area contributed by atoms with Crippen molar-refractivity contribution >= 4 is 21.4 Å². The molecule has 0 amide bonds. The van der Waals surface area contributed by atoms with Gasteiger partial charge in [-0.2, -0.15) is 4.31 Å². The lowest BCUT2D eigenvalue weighted by Gasteiger charge is -2.34. The van der Waals surface area contributed by atoms with Crippen LogP contribution in [0, 0.1) is 12.8 Å². The molecule has 7 heteroatoms. The standard InChI is InChI=1S/C14H22N2O3S2/c1-11-10-20-14(15-11)13-9-19-7-6-16(13)21(17,18)8-5-12-3-2-4-12/h10,12-13H,2-9H2,1H3. The normalized spacial score (nSPS) is 24.9. The van der Waals surface area contributed by atoms with Crippen molar-refractivity contribution in [1.82, 2.24) is 9.29 Å². The minimum Gasteiger partial charge on any atom is -0.378 e. The molecule has 2 fully saturated rings. The summed E-state index contributed by atoms with van der Waals surface area (Å²) in [5, 5.41) is 2.81. The summed E-state index contributed by atoms with van der Waals surface area (Å²) in [6.07, 6.45) is 4.42. The van der Waals surface area contributed by atoms with E-state index in [2.05, 4.69) is 4.98 Å². The van der Waals surface area contributed by atoms with E-state index >= 15 is 0 Å². The molecule has 0 aromatic carbocycles. The molecule has 1 atom stereocenters. The van der Waals surface area contributed by atoms with E-state index < -0.39 is 10.0 Å². The first kappa shape index (κ1) is 15.4. The molecule has 1 aliphatic carbocycles. The molecule has 1 saturated carbocycles. The van der Waals surface area contributed by atoms with Crippen molar-refractivity contribution in [2.45, 2.75) is 38.6 Å². The lowest BCUT2D eigenvalue weighted by molar-refractivity contribution is 0.0319. The van der Waals surface area contributed by atoms with Crippen LogP contribution in [-0.4, -0.2) is 43.2 Å². The van der Waals surface area contributed by atoms with Gasteiger partial charge in [-0.05, 0) is 19.3 Å². The Kier molecular flexibility index (Phi) is 4.63. The van der Waals surface area contributed by atoms with Crippen molar-refractivity contribution in [2.75, 3.05) is 25.5 Å². The van der Waals surface area contributed by atoms with Gasteiger partial charge in [-0.3, -0.25) is 0 Å². The lowest BCUT2D eigenvalue weighted by atomic mass is 9.84. The number of hydrogen-bond acceptors (Lipinski definition) is 5. The Bertz CT molecular complexity index is 581. The zero-order valence-corrected chi connectivity index (χ0v) is 14.0. The van der Waals surface area contributed by atoms with Crippen molar-refractivity contribution in [1.29, 1.82) is 0 Å². The van der Waals surface area contributed by atoms with Crippen LogP contribution in [0.1, 0.15) is 42.4 Å². The van der Waals surface area contributed by atoms with Gasteiger partial charge in [-0.25, -0.2) is 13.4 Å². The fourth-order valence-corrected chi connectivity index (χ4v) is 5.58. The van der Waals surface area contributed by atoms with E-state index in [4.69, 9.17) is 4.74 Å². The quantitative estimate of drug-likeness (QED) is 0.831. The zero-order valence-electron chi connectivity index (χ0n) is 12.3. The summed E-state index contributed by atoms with van der Waals surface area (Å²) in [6, 6.07) is -0.246. The summed E-state index contributed by atoms with van der Waals surface area (Å²) in [4.78, 5) is 4.45.